The number of rotatable bonds is 3. The van der Waals surface area contributed by atoms with Crippen LogP contribution in [-0.2, 0) is 17.8 Å². The maximum Gasteiger partial charge on any atom is 0.224 e. The van der Waals surface area contributed by atoms with Crippen LogP contribution in [0.3, 0.4) is 0 Å². The minimum atomic E-state index is 0.0522. The Morgan fingerprint density at radius 2 is 2.05 bits per heavy atom. The van der Waals surface area contributed by atoms with Gasteiger partial charge in [-0.1, -0.05) is 17.7 Å². The molecule has 1 amide bonds. The van der Waals surface area contributed by atoms with Crippen LogP contribution >= 0.6 is 11.6 Å². The number of aryl methyl sites for hydroxylation is 1. The van der Waals surface area contributed by atoms with E-state index in [1.54, 1.807) is 12.1 Å². The van der Waals surface area contributed by atoms with Crippen molar-refractivity contribution in [1.29, 1.82) is 0 Å². The lowest BCUT2D eigenvalue weighted by atomic mass is 10.0. The molecule has 0 saturated heterocycles. The van der Waals surface area contributed by atoms with Gasteiger partial charge >= 0.3 is 0 Å². The fourth-order valence-electron chi connectivity index (χ4n) is 2.34. The van der Waals surface area contributed by atoms with Crippen molar-refractivity contribution in [1.82, 2.24) is 0 Å². The molecule has 0 radical (unpaired) electrons. The number of fused-ring (bicyclic) bond motifs is 1. The standard InChI is InChI=1S/C16H15ClN2O2/c17-12-3-1-11(9-18)15(8-12)21-13-4-5-14-10(7-13)2-6-16(20)19-14/h1,3-5,7-8H,2,6,9,18H2,(H,19,20). The van der Waals surface area contributed by atoms with Gasteiger partial charge in [-0.3, -0.25) is 4.79 Å². The predicted molar refractivity (Wildman–Crippen MR) is 82.8 cm³/mol. The second-order valence-electron chi connectivity index (χ2n) is 4.93. The van der Waals surface area contributed by atoms with Gasteiger partial charge in [-0.15, -0.1) is 0 Å². The van der Waals surface area contributed by atoms with Crippen LogP contribution in [0.1, 0.15) is 17.5 Å². The molecule has 0 atom stereocenters. The first-order valence-corrected chi connectivity index (χ1v) is 7.12. The molecule has 0 saturated carbocycles. The third kappa shape index (κ3) is 3.01. The number of ether oxygens (including phenoxy) is 1. The van der Waals surface area contributed by atoms with Crippen molar-refractivity contribution in [2.45, 2.75) is 19.4 Å². The molecule has 0 aromatic heterocycles. The number of amides is 1. The van der Waals surface area contributed by atoms with Gasteiger partial charge in [-0.25, -0.2) is 0 Å². The van der Waals surface area contributed by atoms with Crippen LogP contribution in [0.4, 0.5) is 5.69 Å². The van der Waals surface area contributed by atoms with Crippen LogP contribution in [0.25, 0.3) is 0 Å². The van der Waals surface area contributed by atoms with Gasteiger partial charge in [0.1, 0.15) is 11.5 Å². The van der Waals surface area contributed by atoms with E-state index in [2.05, 4.69) is 5.32 Å². The summed E-state index contributed by atoms with van der Waals surface area (Å²) in [6, 6.07) is 11.0. The molecule has 0 spiro atoms. The molecule has 3 N–H and O–H groups in total. The van der Waals surface area contributed by atoms with Crippen molar-refractivity contribution < 1.29 is 9.53 Å². The molecule has 0 fully saturated rings. The average molecular weight is 303 g/mol. The smallest absolute Gasteiger partial charge is 0.224 e. The second-order valence-corrected chi connectivity index (χ2v) is 5.36. The Balaban J connectivity index is 1.89. The average Bonchev–Trinajstić information content (AvgIpc) is 2.48. The highest BCUT2D eigenvalue weighted by Crippen LogP contribution is 2.32. The fourth-order valence-corrected chi connectivity index (χ4v) is 2.50. The molecule has 1 aliphatic heterocycles. The lowest BCUT2D eigenvalue weighted by Gasteiger charge is -2.18. The molecule has 108 valence electrons. The van der Waals surface area contributed by atoms with Crippen LogP contribution in [0.2, 0.25) is 5.02 Å². The lowest BCUT2D eigenvalue weighted by Crippen LogP contribution is -2.18. The van der Waals surface area contributed by atoms with Crippen molar-refractivity contribution >= 4 is 23.2 Å². The van der Waals surface area contributed by atoms with Gasteiger partial charge in [0, 0.05) is 29.2 Å². The monoisotopic (exact) mass is 302 g/mol. The van der Waals surface area contributed by atoms with E-state index >= 15 is 0 Å². The van der Waals surface area contributed by atoms with E-state index in [1.165, 1.54) is 0 Å². The van der Waals surface area contributed by atoms with Gasteiger partial charge in [0.15, 0.2) is 0 Å². The summed E-state index contributed by atoms with van der Waals surface area (Å²) >= 11 is 6.00. The van der Waals surface area contributed by atoms with E-state index < -0.39 is 0 Å². The molecule has 21 heavy (non-hydrogen) atoms. The van der Waals surface area contributed by atoms with Crippen LogP contribution in [0, 0.1) is 0 Å². The number of halogens is 1. The first-order chi connectivity index (χ1) is 10.2. The maximum absolute atomic E-state index is 11.4. The van der Waals surface area contributed by atoms with Crippen LogP contribution in [0.5, 0.6) is 11.5 Å². The van der Waals surface area contributed by atoms with E-state index in [1.807, 2.05) is 24.3 Å². The largest absolute Gasteiger partial charge is 0.457 e. The summed E-state index contributed by atoms with van der Waals surface area (Å²) in [6.45, 7) is 0.382. The van der Waals surface area contributed by atoms with Crippen LogP contribution in [-0.4, -0.2) is 5.91 Å². The van der Waals surface area contributed by atoms with E-state index in [-0.39, 0.29) is 5.91 Å². The molecule has 4 nitrogen and oxygen atoms in total. The minimum absolute atomic E-state index is 0.0522. The van der Waals surface area contributed by atoms with Crippen molar-refractivity contribution in [3.63, 3.8) is 0 Å². The summed E-state index contributed by atoms with van der Waals surface area (Å²) in [5, 5.41) is 3.45. The Hall–Kier alpha value is -2.04. The summed E-state index contributed by atoms with van der Waals surface area (Å²) in [5.41, 5.74) is 8.53. The molecular weight excluding hydrogens is 288 g/mol. The molecule has 0 unspecified atom stereocenters. The van der Waals surface area contributed by atoms with Crippen molar-refractivity contribution in [3.05, 3.63) is 52.5 Å². The van der Waals surface area contributed by atoms with Gasteiger partial charge in [-0.05, 0) is 42.3 Å². The second kappa shape index (κ2) is 5.76. The molecule has 5 heteroatoms. The zero-order valence-electron chi connectivity index (χ0n) is 11.4. The topological polar surface area (TPSA) is 64.3 Å². The molecule has 1 aliphatic rings. The van der Waals surface area contributed by atoms with Gasteiger partial charge in [0.25, 0.3) is 0 Å². The molecular formula is C16H15ClN2O2. The molecule has 0 bridgehead atoms. The van der Waals surface area contributed by atoms with Gasteiger partial charge in [0.05, 0.1) is 0 Å². The number of nitrogens with two attached hydrogens (primary N) is 1. The molecule has 2 aromatic rings. The Morgan fingerprint density at radius 3 is 2.86 bits per heavy atom. The van der Waals surface area contributed by atoms with Gasteiger partial charge in [0.2, 0.25) is 5.91 Å². The quantitative estimate of drug-likeness (QED) is 0.912. The molecule has 2 aromatic carbocycles. The highest BCUT2D eigenvalue weighted by molar-refractivity contribution is 6.30. The van der Waals surface area contributed by atoms with E-state index in [4.69, 9.17) is 22.1 Å². The summed E-state index contributed by atoms with van der Waals surface area (Å²) < 4.78 is 5.90. The van der Waals surface area contributed by atoms with E-state index in [0.29, 0.717) is 29.5 Å². The SMILES string of the molecule is NCc1ccc(Cl)cc1Oc1ccc2c(c1)CCC(=O)N2. The number of carbonyl (C=O) groups is 1. The summed E-state index contributed by atoms with van der Waals surface area (Å²) in [7, 11) is 0. The number of hydrogen-bond acceptors (Lipinski definition) is 3. The van der Waals surface area contributed by atoms with E-state index in [9.17, 15) is 4.79 Å². The first-order valence-electron chi connectivity index (χ1n) is 6.75. The van der Waals surface area contributed by atoms with Gasteiger partial charge in [-0.2, -0.15) is 0 Å². The minimum Gasteiger partial charge on any atom is -0.457 e. The fraction of sp³-hybridized carbons (Fsp3) is 0.188. The van der Waals surface area contributed by atoms with Gasteiger partial charge < -0.3 is 15.8 Å². The Labute approximate surface area is 127 Å². The molecule has 3 rings (SSSR count). The number of anilines is 1. The third-order valence-electron chi connectivity index (χ3n) is 3.45. The normalized spacial score (nSPS) is 13.5. The van der Waals surface area contributed by atoms with Crippen molar-refractivity contribution in [2.75, 3.05) is 5.32 Å². The molecule has 1 heterocycles. The predicted octanol–water partition coefficient (Wildman–Crippen LogP) is 3.48. The number of carbonyl (C=O) groups excluding carboxylic acids is 1. The zero-order valence-corrected chi connectivity index (χ0v) is 12.1. The van der Waals surface area contributed by atoms with Crippen LogP contribution in [0.15, 0.2) is 36.4 Å². The van der Waals surface area contributed by atoms with Crippen molar-refractivity contribution in [3.8, 4) is 11.5 Å². The Kier molecular flexibility index (Phi) is 3.82. The Morgan fingerprint density at radius 1 is 1.19 bits per heavy atom. The highest BCUT2D eigenvalue weighted by Gasteiger charge is 2.15. The highest BCUT2D eigenvalue weighted by atomic mass is 35.5. The maximum atomic E-state index is 11.4. The van der Waals surface area contributed by atoms with Crippen molar-refractivity contribution in [2.24, 2.45) is 5.73 Å². The zero-order chi connectivity index (χ0) is 14.8. The summed E-state index contributed by atoms with van der Waals surface area (Å²) in [4.78, 5) is 11.4. The number of hydrogen-bond donors (Lipinski definition) is 2. The Bertz CT molecular complexity index is 701. The molecule has 0 aliphatic carbocycles. The number of benzene rings is 2. The summed E-state index contributed by atoms with van der Waals surface area (Å²) in [5.74, 6) is 1.42. The summed E-state index contributed by atoms with van der Waals surface area (Å²) in [6.07, 6.45) is 1.22. The van der Waals surface area contributed by atoms with Crippen LogP contribution < -0.4 is 15.8 Å². The lowest BCUT2D eigenvalue weighted by molar-refractivity contribution is -0.116. The first kappa shape index (κ1) is 13.9. The number of nitrogens with one attached hydrogen (secondary N) is 1. The third-order valence-corrected chi connectivity index (χ3v) is 3.68. The van der Waals surface area contributed by atoms with E-state index in [0.717, 1.165) is 23.2 Å².